The van der Waals surface area contributed by atoms with Crippen molar-refractivity contribution in [3.63, 3.8) is 0 Å². The summed E-state index contributed by atoms with van der Waals surface area (Å²) in [5.41, 5.74) is 1.54. The van der Waals surface area contributed by atoms with Crippen molar-refractivity contribution in [2.24, 2.45) is 5.41 Å². The van der Waals surface area contributed by atoms with Crippen LogP contribution < -0.4 is 5.32 Å². The third-order valence-electron chi connectivity index (χ3n) is 4.47. The molecule has 0 aliphatic carbocycles. The fourth-order valence-corrected chi connectivity index (χ4v) is 2.84. The molecule has 1 amide bonds. The van der Waals surface area contributed by atoms with Gasteiger partial charge in [0.2, 0.25) is 0 Å². The average Bonchev–Trinajstić information content (AvgIpc) is 2.99. The van der Waals surface area contributed by atoms with Crippen LogP contribution in [0.3, 0.4) is 0 Å². The Morgan fingerprint density at radius 1 is 1.19 bits per heavy atom. The van der Waals surface area contributed by atoms with E-state index < -0.39 is 17.4 Å². The second-order valence-corrected chi connectivity index (χ2v) is 7.60. The Hall–Kier alpha value is -3.02. The number of halogens is 1. The minimum Gasteiger partial charge on any atom is -0.341 e. The highest BCUT2D eigenvalue weighted by Crippen LogP contribution is 2.22. The standard InChI is InChI=1S/C21H22FN3O2/c1-21(2,3)18(13-26)23-20(27)19-16-6-4-5-7-17(16)25(24-19)12-14-8-10-15(22)11-9-14/h4-11,13,18H,12H2,1-3H3,(H,23,27). The number of benzene rings is 2. The molecule has 1 N–H and O–H groups in total. The SMILES string of the molecule is CC(C)(C)C(C=O)NC(=O)c1nn(Cc2ccc(F)cc2)c2ccccc12. The number of aldehydes is 1. The van der Waals surface area contributed by atoms with Crippen molar-refractivity contribution in [1.29, 1.82) is 0 Å². The van der Waals surface area contributed by atoms with Crippen LogP contribution in [-0.4, -0.2) is 28.0 Å². The van der Waals surface area contributed by atoms with E-state index in [0.29, 0.717) is 11.9 Å². The van der Waals surface area contributed by atoms with Crippen LogP contribution in [0.25, 0.3) is 10.9 Å². The molecule has 5 nitrogen and oxygen atoms in total. The van der Waals surface area contributed by atoms with E-state index in [-0.39, 0.29) is 11.5 Å². The van der Waals surface area contributed by atoms with Crippen LogP contribution in [0.5, 0.6) is 0 Å². The van der Waals surface area contributed by atoms with Crippen molar-refractivity contribution in [2.75, 3.05) is 0 Å². The van der Waals surface area contributed by atoms with Crippen molar-refractivity contribution in [1.82, 2.24) is 15.1 Å². The van der Waals surface area contributed by atoms with E-state index >= 15 is 0 Å². The zero-order chi connectivity index (χ0) is 19.6. The number of para-hydroxylation sites is 1. The van der Waals surface area contributed by atoms with Crippen LogP contribution in [0.1, 0.15) is 36.8 Å². The Kier molecular flexibility index (Phi) is 5.08. The van der Waals surface area contributed by atoms with Crippen molar-refractivity contribution >= 4 is 23.1 Å². The van der Waals surface area contributed by atoms with Gasteiger partial charge in [0.25, 0.3) is 5.91 Å². The van der Waals surface area contributed by atoms with Crippen LogP contribution in [0.4, 0.5) is 4.39 Å². The van der Waals surface area contributed by atoms with Crippen LogP contribution >= 0.6 is 0 Å². The zero-order valence-corrected chi connectivity index (χ0v) is 15.6. The Morgan fingerprint density at radius 2 is 1.85 bits per heavy atom. The molecule has 140 valence electrons. The smallest absolute Gasteiger partial charge is 0.273 e. The number of nitrogens with zero attached hydrogens (tertiary/aromatic N) is 2. The molecule has 0 saturated heterocycles. The number of amides is 1. The molecule has 1 unspecified atom stereocenters. The lowest BCUT2D eigenvalue weighted by atomic mass is 9.87. The molecule has 27 heavy (non-hydrogen) atoms. The molecule has 0 radical (unpaired) electrons. The largest absolute Gasteiger partial charge is 0.341 e. The van der Waals surface area contributed by atoms with E-state index in [4.69, 9.17) is 0 Å². The molecule has 0 bridgehead atoms. The first-order chi connectivity index (χ1) is 12.8. The molecule has 1 heterocycles. The number of hydrogen-bond donors (Lipinski definition) is 1. The molecule has 0 aliphatic rings. The number of fused-ring (bicyclic) bond motifs is 1. The summed E-state index contributed by atoms with van der Waals surface area (Å²) in [7, 11) is 0. The Labute approximate surface area is 157 Å². The summed E-state index contributed by atoms with van der Waals surface area (Å²) in [5.74, 6) is -0.692. The first-order valence-electron chi connectivity index (χ1n) is 8.76. The number of carbonyl (C=O) groups excluding carboxylic acids is 2. The van der Waals surface area contributed by atoms with Crippen LogP contribution in [0.15, 0.2) is 48.5 Å². The van der Waals surface area contributed by atoms with Gasteiger partial charge in [0.1, 0.15) is 12.1 Å². The molecule has 6 heteroatoms. The molecule has 1 aromatic heterocycles. The van der Waals surface area contributed by atoms with Gasteiger partial charge in [-0.05, 0) is 29.2 Å². The summed E-state index contributed by atoms with van der Waals surface area (Å²) in [5, 5.41) is 7.94. The fourth-order valence-electron chi connectivity index (χ4n) is 2.84. The van der Waals surface area contributed by atoms with Crippen molar-refractivity contribution < 1.29 is 14.0 Å². The molecule has 0 spiro atoms. The molecule has 1 atom stereocenters. The molecule has 3 rings (SSSR count). The van der Waals surface area contributed by atoms with Crippen LogP contribution in [-0.2, 0) is 11.3 Å². The summed E-state index contributed by atoms with van der Waals surface area (Å²) in [6.45, 7) is 6.07. The van der Waals surface area contributed by atoms with Crippen LogP contribution in [0.2, 0.25) is 0 Å². The van der Waals surface area contributed by atoms with Gasteiger partial charge in [-0.25, -0.2) is 4.39 Å². The number of nitrogens with one attached hydrogen (secondary N) is 1. The predicted octanol–water partition coefficient (Wildman–Crippen LogP) is 3.57. The number of carbonyl (C=O) groups is 2. The lowest BCUT2D eigenvalue weighted by molar-refractivity contribution is -0.111. The zero-order valence-electron chi connectivity index (χ0n) is 15.6. The lowest BCUT2D eigenvalue weighted by Gasteiger charge is -2.26. The van der Waals surface area contributed by atoms with E-state index in [1.165, 1.54) is 12.1 Å². The topological polar surface area (TPSA) is 64.0 Å². The van der Waals surface area contributed by atoms with E-state index in [1.54, 1.807) is 16.8 Å². The Balaban J connectivity index is 1.95. The van der Waals surface area contributed by atoms with Crippen LogP contribution in [0, 0.1) is 11.2 Å². The number of hydrogen-bond acceptors (Lipinski definition) is 3. The van der Waals surface area contributed by atoms with E-state index in [9.17, 15) is 14.0 Å². The summed E-state index contributed by atoms with van der Waals surface area (Å²) in [6, 6.07) is 13.0. The van der Waals surface area contributed by atoms with E-state index in [0.717, 1.165) is 17.4 Å². The molecule has 0 aliphatic heterocycles. The molecule has 0 saturated carbocycles. The number of rotatable bonds is 5. The first-order valence-corrected chi connectivity index (χ1v) is 8.76. The maximum absolute atomic E-state index is 13.1. The highest BCUT2D eigenvalue weighted by molar-refractivity contribution is 6.05. The minimum atomic E-state index is -0.619. The molecule has 3 aromatic rings. The van der Waals surface area contributed by atoms with Gasteiger partial charge in [-0.1, -0.05) is 51.1 Å². The van der Waals surface area contributed by atoms with Crippen molar-refractivity contribution in [3.05, 3.63) is 65.6 Å². The summed E-state index contributed by atoms with van der Waals surface area (Å²) < 4.78 is 14.8. The summed E-state index contributed by atoms with van der Waals surface area (Å²) in [4.78, 5) is 24.2. The predicted molar refractivity (Wildman–Crippen MR) is 102 cm³/mol. The van der Waals surface area contributed by atoms with Gasteiger partial charge < -0.3 is 10.1 Å². The molecular weight excluding hydrogens is 345 g/mol. The Morgan fingerprint density at radius 3 is 2.48 bits per heavy atom. The van der Waals surface area contributed by atoms with Gasteiger partial charge in [-0.3, -0.25) is 9.48 Å². The van der Waals surface area contributed by atoms with Crippen molar-refractivity contribution in [3.8, 4) is 0 Å². The van der Waals surface area contributed by atoms with Gasteiger partial charge in [0, 0.05) is 5.39 Å². The number of aromatic nitrogens is 2. The Bertz CT molecular complexity index is 971. The maximum atomic E-state index is 13.1. The van der Waals surface area contributed by atoms with E-state index in [2.05, 4.69) is 10.4 Å². The minimum absolute atomic E-state index is 0.267. The quantitative estimate of drug-likeness (QED) is 0.701. The first kappa shape index (κ1) is 18.8. The normalized spacial score (nSPS) is 12.7. The summed E-state index contributed by atoms with van der Waals surface area (Å²) in [6.07, 6.45) is 0.746. The third-order valence-corrected chi connectivity index (χ3v) is 4.47. The highest BCUT2D eigenvalue weighted by atomic mass is 19.1. The van der Waals surface area contributed by atoms with Gasteiger partial charge in [-0.2, -0.15) is 5.10 Å². The van der Waals surface area contributed by atoms with Gasteiger partial charge in [0.15, 0.2) is 5.69 Å². The second kappa shape index (κ2) is 7.31. The van der Waals surface area contributed by atoms with Gasteiger partial charge in [0.05, 0.1) is 18.1 Å². The maximum Gasteiger partial charge on any atom is 0.273 e. The monoisotopic (exact) mass is 367 g/mol. The summed E-state index contributed by atoms with van der Waals surface area (Å²) >= 11 is 0. The fraction of sp³-hybridized carbons (Fsp3) is 0.286. The molecule has 2 aromatic carbocycles. The third kappa shape index (κ3) is 4.05. The van der Waals surface area contributed by atoms with Gasteiger partial charge >= 0.3 is 0 Å². The van der Waals surface area contributed by atoms with Gasteiger partial charge in [-0.15, -0.1) is 0 Å². The molecular formula is C21H22FN3O2. The lowest BCUT2D eigenvalue weighted by Crippen LogP contribution is -2.45. The molecule has 0 fully saturated rings. The van der Waals surface area contributed by atoms with E-state index in [1.807, 2.05) is 45.0 Å². The van der Waals surface area contributed by atoms with Crippen molar-refractivity contribution in [2.45, 2.75) is 33.4 Å². The highest BCUT2D eigenvalue weighted by Gasteiger charge is 2.28. The second-order valence-electron chi connectivity index (χ2n) is 7.60. The average molecular weight is 367 g/mol.